The number of hydrogen-bond acceptors (Lipinski definition) is 2. The van der Waals surface area contributed by atoms with Crippen LogP contribution < -0.4 is 0 Å². The Labute approximate surface area is 136 Å². The number of pyridine rings is 1. The van der Waals surface area contributed by atoms with Crippen LogP contribution in [-0.2, 0) is 0 Å². The molecular formula is C20H19NS. The molecule has 0 saturated carbocycles. The molecule has 0 unspecified atom stereocenters. The van der Waals surface area contributed by atoms with Gasteiger partial charge in [0.05, 0.1) is 10.7 Å². The second-order valence-electron chi connectivity index (χ2n) is 5.48. The molecule has 1 aromatic heterocycles. The van der Waals surface area contributed by atoms with E-state index >= 15 is 0 Å². The number of aromatic nitrogens is 1. The van der Waals surface area contributed by atoms with Crippen LogP contribution in [0.2, 0.25) is 0 Å². The van der Waals surface area contributed by atoms with Crippen LogP contribution in [0.3, 0.4) is 0 Å². The van der Waals surface area contributed by atoms with E-state index in [4.69, 9.17) is 4.98 Å². The maximum atomic E-state index is 4.83. The van der Waals surface area contributed by atoms with E-state index in [1.54, 1.807) is 11.8 Å². The van der Waals surface area contributed by atoms with Gasteiger partial charge in [0.2, 0.25) is 0 Å². The Hall–Kier alpha value is -2.06. The molecule has 1 nitrogen and oxygen atoms in total. The monoisotopic (exact) mass is 305 g/mol. The Balaban J connectivity index is 2.10. The molecule has 2 aromatic carbocycles. The van der Waals surface area contributed by atoms with Crippen molar-refractivity contribution in [2.75, 3.05) is 0 Å². The zero-order valence-electron chi connectivity index (χ0n) is 12.9. The predicted octanol–water partition coefficient (Wildman–Crippen LogP) is 5.92. The van der Waals surface area contributed by atoms with E-state index in [0.717, 1.165) is 16.3 Å². The molecule has 22 heavy (non-hydrogen) atoms. The van der Waals surface area contributed by atoms with Gasteiger partial charge in [0.15, 0.2) is 0 Å². The normalized spacial score (nSPS) is 10.9. The van der Waals surface area contributed by atoms with Crippen LogP contribution in [0, 0.1) is 0 Å². The smallest absolute Gasteiger partial charge is 0.0976 e. The van der Waals surface area contributed by atoms with Crippen molar-refractivity contribution < 1.29 is 0 Å². The van der Waals surface area contributed by atoms with Crippen LogP contribution in [0.15, 0.2) is 77.8 Å². The summed E-state index contributed by atoms with van der Waals surface area (Å²) < 4.78 is 0. The van der Waals surface area contributed by atoms with Gasteiger partial charge in [-0.25, -0.2) is 4.98 Å². The van der Waals surface area contributed by atoms with Crippen LogP contribution in [-0.4, -0.2) is 10.2 Å². The highest BCUT2D eigenvalue weighted by Crippen LogP contribution is 2.31. The first-order valence-electron chi connectivity index (χ1n) is 7.52. The number of rotatable bonds is 4. The third kappa shape index (κ3) is 3.58. The van der Waals surface area contributed by atoms with Crippen molar-refractivity contribution in [3.63, 3.8) is 0 Å². The molecule has 0 radical (unpaired) electrons. The minimum absolute atomic E-state index is 0.516. The third-order valence-corrected chi connectivity index (χ3v) is 4.26. The van der Waals surface area contributed by atoms with Gasteiger partial charge in [0, 0.05) is 10.8 Å². The van der Waals surface area contributed by atoms with Crippen molar-refractivity contribution in [1.29, 1.82) is 0 Å². The van der Waals surface area contributed by atoms with Crippen molar-refractivity contribution in [1.82, 2.24) is 4.98 Å². The lowest BCUT2D eigenvalue weighted by atomic mass is 10.0. The topological polar surface area (TPSA) is 12.9 Å². The Bertz CT molecular complexity index is 678. The summed E-state index contributed by atoms with van der Waals surface area (Å²) in [4.78, 5) is 4.83. The number of hydrogen-bond donors (Lipinski definition) is 0. The quantitative estimate of drug-likeness (QED) is 0.555. The van der Waals surface area contributed by atoms with Crippen LogP contribution >= 0.6 is 11.8 Å². The van der Waals surface area contributed by atoms with Crippen molar-refractivity contribution in [3.8, 4) is 22.4 Å². The molecule has 0 aliphatic heterocycles. The SMILES string of the molecule is CC(C)Sc1cc(-c2ccccc2)cc(-c2ccccc2)n1. The van der Waals surface area contributed by atoms with Crippen molar-refractivity contribution >= 4 is 11.8 Å². The molecule has 0 saturated heterocycles. The highest BCUT2D eigenvalue weighted by Gasteiger charge is 2.08. The van der Waals surface area contributed by atoms with E-state index in [1.807, 2.05) is 12.1 Å². The number of thioether (sulfide) groups is 1. The molecule has 1 heterocycles. The maximum absolute atomic E-state index is 4.83. The third-order valence-electron chi connectivity index (χ3n) is 3.33. The van der Waals surface area contributed by atoms with Gasteiger partial charge in [-0.1, -0.05) is 74.5 Å². The maximum Gasteiger partial charge on any atom is 0.0976 e. The molecule has 0 spiro atoms. The van der Waals surface area contributed by atoms with Crippen LogP contribution in [0.5, 0.6) is 0 Å². The molecule has 0 aliphatic carbocycles. The molecule has 0 atom stereocenters. The van der Waals surface area contributed by atoms with Crippen LogP contribution in [0.25, 0.3) is 22.4 Å². The second-order valence-corrected chi connectivity index (χ2v) is 7.07. The average Bonchev–Trinajstić information content (AvgIpc) is 2.55. The molecule has 3 aromatic rings. The Morgan fingerprint density at radius 2 is 1.32 bits per heavy atom. The van der Waals surface area contributed by atoms with E-state index in [1.165, 1.54) is 11.1 Å². The second kappa shape index (κ2) is 6.80. The largest absolute Gasteiger partial charge is 0.241 e. The van der Waals surface area contributed by atoms with Gasteiger partial charge < -0.3 is 0 Å². The summed E-state index contributed by atoms with van der Waals surface area (Å²) in [6.45, 7) is 4.40. The highest BCUT2D eigenvalue weighted by atomic mass is 32.2. The van der Waals surface area contributed by atoms with E-state index in [-0.39, 0.29) is 0 Å². The molecule has 0 aliphatic rings. The lowest BCUT2D eigenvalue weighted by Gasteiger charge is -2.11. The summed E-state index contributed by atoms with van der Waals surface area (Å²) in [5.41, 5.74) is 4.64. The highest BCUT2D eigenvalue weighted by molar-refractivity contribution is 7.99. The zero-order valence-corrected chi connectivity index (χ0v) is 13.7. The fourth-order valence-corrected chi connectivity index (χ4v) is 3.19. The lowest BCUT2D eigenvalue weighted by Crippen LogP contribution is -1.93. The first-order chi connectivity index (χ1) is 10.7. The molecule has 0 bridgehead atoms. The molecular weight excluding hydrogens is 286 g/mol. The van der Waals surface area contributed by atoms with E-state index in [2.05, 4.69) is 74.5 Å². The van der Waals surface area contributed by atoms with Crippen molar-refractivity contribution in [2.45, 2.75) is 24.1 Å². The summed E-state index contributed by atoms with van der Waals surface area (Å²) in [5.74, 6) is 0. The van der Waals surface area contributed by atoms with Gasteiger partial charge >= 0.3 is 0 Å². The summed E-state index contributed by atoms with van der Waals surface area (Å²) in [6, 6.07) is 25.2. The van der Waals surface area contributed by atoms with Gasteiger partial charge in [0.1, 0.15) is 0 Å². The van der Waals surface area contributed by atoms with Gasteiger partial charge in [-0.15, -0.1) is 11.8 Å². The Morgan fingerprint density at radius 1 is 0.727 bits per heavy atom. The molecule has 0 N–H and O–H groups in total. The first-order valence-corrected chi connectivity index (χ1v) is 8.40. The first kappa shape index (κ1) is 14.9. The summed E-state index contributed by atoms with van der Waals surface area (Å²) >= 11 is 1.80. The molecule has 0 fully saturated rings. The lowest BCUT2D eigenvalue weighted by molar-refractivity contribution is 1.07. The van der Waals surface area contributed by atoms with Gasteiger partial charge in [-0.2, -0.15) is 0 Å². The zero-order chi connectivity index (χ0) is 15.4. The Kier molecular flexibility index (Phi) is 4.59. The van der Waals surface area contributed by atoms with E-state index in [9.17, 15) is 0 Å². The molecule has 3 rings (SSSR count). The van der Waals surface area contributed by atoms with Gasteiger partial charge in [0.25, 0.3) is 0 Å². The van der Waals surface area contributed by atoms with Crippen LogP contribution in [0.1, 0.15) is 13.8 Å². The molecule has 2 heteroatoms. The predicted molar refractivity (Wildman–Crippen MR) is 96.1 cm³/mol. The minimum atomic E-state index is 0.516. The van der Waals surface area contributed by atoms with E-state index < -0.39 is 0 Å². The average molecular weight is 305 g/mol. The number of nitrogens with zero attached hydrogens (tertiary/aromatic N) is 1. The number of benzene rings is 2. The standard InChI is InChI=1S/C20H19NS/c1-15(2)22-20-14-18(16-9-5-3-6-10-16)13-19(21-20)17-11-7-4-8-12-17/h3-15H,1-2H3. The van der Waals surface area contributed by atoms with Crippen molar-refractivity contribution in [2.24, 2.45) is 0 Å². The fraction of sp³-hybridized carbons (Fsp3) is 0.150. The summed E-state index contributed by atoms with van der Waals surface area (Å²) in [6.07, 6.45) is 0. The van der Waals surface area contributed by atoms with Gasteiger partial charge in [-0.3, -0.25) is 0 Å². The molecule has 0 amide bonds. The van der Waals surface area contributed by atoms with Gasteiger partial charge in [-0.05, 0) is 23.3 Å². The van der Waals surface area contributed by atoms with Crippen molar-refractivity contribution in [3.05, 3.63) is 72.8 Å². The van der Waals surface area contributed by atoms with Crippen LogP contribution in [0.4, 0.5) is 0 Å². The summed E-state index contributed by atoms with van der Waals surface area (Å²) in [5, 5.41) is 1.59. The minimum Gasteiger partial charge on any atom is -0.241 e. The summed E-state index contributed by atoms with van der Waals surface area (Å²) in [7, 11) is 0. The van der Waals surface area contributed by atoms with E-state index in [0.29, 0.717) is 5.25 Å². The Morgan fingerprint density at radius 3 is 1.91 bits per heavy atom. The fourth-order valence-electron chi connectivity index (χ4n) is 2.36. The molecule has 110 valence electrons.